The maximum Gasteiger partial charge on any atom is 0.258 e. The Balaban J connectivity index is 1.52. The summed E-state index contributed by atoms with van der Waals surface area (Å²) in [6.45, 7) is 4.03. The number of ether oxygens (including phenoxy) is 2. The topological polar surface area (TPSA) is 67.5 Å². The van der Waals surface area contributed by atoms with E-state index < -0.39 is 0 Å². The Morgan fingerprint density at radius 2 is 1.76 bits per heavy atom. The Kier molecular flexibility index (Phi) is 5.10. The summed E-state index contributed by atoms with van der Waals surface area (Å²) >= 11 is 0. The van der Waals surface area contributed by atoms with Gasteiger partial charge in [0.05, 0.1) is 29.7 Å². The van der Waals surface area contributed by atoms with E-state index in [1.165, 1.54) is 0 Å². The zero-order valence-corrected chi connectivity index (χ0v) is 14.4. The van der Waals surface area contributed by atoms with Crippen molar-refractivity contribution in [2.75, 3.05) is 26.3 Å². The molecule has 6 nitrogen and oxygen atoms in total. The van der Waals surface area contributed by atoms with Crippen molar-refractivity contribution in [3.8, 4) is 0 Å². The molecule has 0 spiro atoms. The SMILES string of the molecule is O=c1[nH]c(CN(CC2CCCO2)CC2CCCO2)nc2ccccc12. The number of rotatable bonds is 6. The lowest BCUT2D eigenvalue weighted by Crippen LogP contribution is -2.38. The second kappa shape index (κ2) is 7.64. The first-order valence-electron chi connectivity index (χ1n) is 9.21. The summed E-state index contributed by atoms with van der Waals surface area (Å²) in [6, 6.07) is 7.47. The summed E-state index contributed by atoms with van der Waals surface area (Å²) < 4.78 is 11.6. The van der Waals surface area contributed by atoms with Gasteiger partial charge in [0.2, 0.25) is 0 Å². The van der Waals surface area contributed by atoms with E-state index in [-0.39, 0.29) is 17.8 Å². The van der Waals surface area contributed by atoms with Gasteiger partial charge in [-0.05, 0) is 37.8 Å². The minimum absolute atomic E-state index is 0.0743. The molecule has 0 radical (unpaired) electrons. The van der Waals surface area contributed by atoms with Crippen molar-refractivity contribution in [3.63, 3.8) is 0 Å². The van der Waals surface area contributed by atoms with Crippen LogP contribution in [0.3, 0.4) is 0 Å². The zero-order valence-electron chi connectivity index (χ0n) is 14.4. The van der Waals surface area contributed by atoms with Gasteiger partial charge >= 0.3 is 0 Å². The van der Waals surface area contributed by atoms with Crippen LogP contribution >= 0.6 is 0 Å². The molecule has 0 aliphatic carbocycles. The molecule has 4 rings (SSSR count). The lowest BCUT2D eigenvalue weighted by molar-refractivity contribution is 0.0336. The molecule has 2 fully saturated rings. The average Bonchev–Trinajstić information content (AvgIpc) is 3.29. The van der Waals surface area contributed by atoms with E-state index in [2.05, 4.69) is 14.9 Å². The molecular formula is C19H25N3O3. The lowest BCUT2D eigenvalue weighted by Gasteiger charge is -2.27. The number of para-hydroxylation sites is 1. The standard InChI is InChI=1S/C19H25N3O3/c23-19-16-7-1-2-8-17(16)20-18(21-19)13-22(11-14-5-3-9-24-14)12-15-6-4-10-25-15/h1-2,7-8,14-15H,3-6,9-13H2,(H,20,21,23). The first-order chi connectivity index (χ1) is 12.3. The van der Waals surface area contributed by atoms with Crippen LogP contribution in [0.1, 0.15) is 31.5 Å². The van der Waals surface area contributed by atoms with Crippen molar-refractivity contribution in [2.24, 2.45) is 0 Å². The van der Waals surface area contributed by atoms with E-state index in [0.29, 0.717) is 17.8 Å². The van der Waals surface area contributed by atoms with Crippen LogP contribution in [0.25, 0.3) is 10.9 Å². The van der Waals surface area contributed by atoms with Gasteiger partial charge in [-0.1, -0.05) is 12.1 Å². The van der Waals surface area contributed by atoms with Gasteiger partial charge in [-0.2, -0.15) is 0 Å². The third-order valence-corrected chi connectivity index (χ3v) is 5.01. The van der Waals surface area contributed by atoms with E-state index >= 15 is 0 Å². The molecule has 2 saturated heterocycles. The van der Waals surface area contributed by atoms with Crippen molar-refractivity contribution >= 4 is 10.9 Å². The van der Waals surface area contributed by atoms with Crippen molar-refractivity contribution < 1.29 is 9.47 Å². The van der Waals surface area contributed by atoms with Crippen LogP contribution in [0, 0.1) is 0 Å². The number of nitrogens with one attached hydrogen (secondary N) is 1. The Hall–Kier alpha value is -1.76. The van der Waals surface area contributed by atoms with Gasteiger partial charge < -0.3 is 14.5 Å². The molecule has 2 unspecified atom stereocenters. The summed E-state index contributed by atoms with van der Waals surface area (Å²) in [5, 5.41) is 0.635. The van der Waals surface area contributed by atoms with Crippen LogP contribution in [-0.4, -0.2) is 53.4 Å². The van der Waals surface area contributed by atoms with E-state index in [4.69, 9.17) is 9.47 Å². The number of aromatic nitrogens is 2. The van der Waals surface area contributed by atoms with Crippen LogP contribution in [0.4, 0.5) is 0 Å². The molecule has 2 atom stereocenters. The lowest BCUT2D eigenvalue weighted by atomic mass is 10.2. The number of aromatic amines is 1. The molecule has 25 heavy (non-hydrogen) atoms. The molecule has 0 saturated carbocycles. The number of hydrogen-bond acceptors (Lipinski definition) is 5. The molecule has 0 amide bonds. The first-order valence-corrected chi connectivity index (χ1v) is 9.21. The van der Waals surface area contributed by atoms with Gasteiger partial charge in [-0.25, -0.2) is 4.98 Å². The fraction of sp³-hybridized carbons (Fsp3) is 0.579. The quantitative estimate of drug-likeness (QED) is 0.870. The van der Waals surface area contributed by atoms with Crippen molar-refractivity contribution in [2.45, 2.75) is 44.4 Å². The highest BCUT2D eigenvalue weighted by molar-refractivity contribution is 5.77. The number of hydrogen-bond donors (Lipinski definition) is 1. The first kappa shape index (κ1) is 16.7. The normalized spacial score (nSPS) is 23.7. The van der Waals surface area contributed by atoms with Gasteiger partial charge in [0.15, 0.2) is 0 Å². The molecule has 2 aromatic rings. The number of benzene rings is 1. The van der Waals surface area contributed by atoms with Crippen molar-refractivity contribution in [1.29, 1.82) is 0 Å². The highest BCUT2D eigenvalue weighted by Gasteiger charge is 2.24. The third-order valence-electron chi connectivity index (χ3n) is 5.01. The molecule has 1 aromatic carbocycles. The largest absolute Gasteiger partial charge is 0.377 e. The molecule has 3 heterocycles. The van der Waals surface area contributed by atoms with Gasteiger partial charge in [0, 0.05) is 26.3 Å². The highest BCUT2D eigenvalue weighted by atomic mass is 16.5. The van der Waals surface area contributed by atoms with E-state index in [9.17, 15) is 4.79 Å². The van der Waals surface area contributed by atoms with Gasteiger partial charge in [-0.3, -0.25) is 9.69 Å². The molecule has 2 aliphatic heterocycles. The van der Waals surface area contributed by atoms with Crippen LogP contribution in [-0.2, 0) is 16.0 Å². The van der Waals surface area contributed by atoms with Crippen LogP contribution in [0.2, 0.25) is 0 Å². The van der Waals surface area contributed by atoms with Gasteiger partial charge in [0.1, 0.15) is 5.82 Å². The predicted octanol–water partition coefficient (Wildman–Crippen LogP) is 2.08. The molecule has 1 aromatic heterocycles. The van der Waals surface area contributed by atoms with Gasteiger partial charge in [0.25, 0.3) is 5.56 Å². The van der Waals surface area contributed by atoms with E-state index in [0.717, 1.165) is 57.5 Å². The summed E-state index contributed by atoms with van der Waals surface area (Å²) in [5.74, 6) is 0.708. The molecule has 6 heteroatoms. The highest BCUT2D eigenvalue weighted by Crippen LogP contribution is 2.18. The third kappa shape index (κ3) is 4.08. The minimum Gasteiger partial charge on any atom is -0.377 e. The van der Waals surface area contributed by atoms with Crippen molar-refractivity contribution in [1.82, 2.24) is 14.9 Å². The fourth-order valence-corrected chi connectivity index (χ4v) is 3.78. The molecular weight excluding hydrogens is 318 g/mol. The number of fused-ring (bicyclic) bond motifs is 1. The van der Waals surface area contributed by atoms with E-state index in [1.807, 2.05) is 18.2 Å². The Morgan fingerprint density at radius 1 is 1.08 bits per heavy atom. The second-order valence-electron chi connectivity index (χ2n) is 6.99. The number of nitrogens with zero attached hydrogens (tertiary/aromatic N) is 2. The maximum atomic E-state index is 12.3. The van der Waals surface area contributed by atoms with Crippen molar-refractivity contribution in [3.05, 3.63) is 40.4 Å². The summed E-state index contributed by atoms with van der Waals surface area (Å²) in [7, 11) is 0. The molecule has 0 bridgehead atoms. The zero-order chi connectivity index (χ0) is 17.1. The number of H-pyrrole nitrogens is 1. The molecule has 1 N–H and O–H groups in total. The van der Waals surface area contributed by atoms with Crippen LogP contribution in [0.15, 0.2) is 29.1 Å². The fourth-order valence-electron chi connectivity index (χ4n) is 3.78. The summed E-state index contributed by atoms with van der Waals surface area (Å²) in [5.41, 5.74) is 0.671. The van der Waals surface area contributed by atoms with Gasteiger partial charge in [-0.15, -0.1) is 0 Å². The summed E-state index contributed by atoms with van der Waals surface area (Å²) in [4.78, 5) is 22.2. The maximum absolute atomic E-state index is 12.3. The minimum atomic E-state index is -0.0743. The monoisotopic (exact) mass is 343 g/mol. The summed E-state index contributed by atoms with van der Waals surface area (Å²) in [6.07, 6.45) is 5.00. The Labute approximate surface area is 147 Å². The Morgan fingerprint density at radius 3 is 2.40 bits per heavy atom. The predicted molar refractivity (Wildman–Crippen MR) is 95.6 cm³/mol. The Bertz CT molecular complexity index is 746. The smallest absolute Gasteiger partial charge is 0.258 e. The molecule has 2 aliphatic rings. The van der Waals surface area contributed by atoms with E-state index in [1.54, 1.807) is 6.07 Å². The second-order valence-corrected chi connectivity index (χ2v) is 6.99. The molecule has 134 valence electrons. The van der Waals surface area contributed by atoms with Crippen LogP contribution in [0.5, 0.6) is 0 Å². The van der Waals surface area contributed by atoms with Crippen LogP contribution < -0.4 is 5.56 Å². The average molecular weight is 343 g/mol.